The van der Waals surface area contributed by atoms with Crippen molar-refractivity contribution in [2.45, 2.75) is 23.3 Å². The lowest BCUT2D eigenvalue weighted by atomic mass is 9.76. The first-order valence-corrected chi connectivity index (χ1v) is 11.9. The molecule has 0 radical (unpaired) electrons. The standard InChI is InChI=1S/C25H26N2O3S/c1-27(2)31(28,29)17-12-13-22-21(15-17)19-9-6-10-20(19)25(26-22)24-18-8-5-4-7-16(18)11-14-23(24)30-3/h4-9,11-15,19-20,25-26H,10H2,1-3H3. The molecule has 3 unspecified atom stereocenters. The third kappa shape index (κ3) is 3.13. The average Bonchev–Trinajstić information content (AvgIpc) is 3.27. The molecule has 1 N–H and O–H groups in total. The fourth-order valence-electron chi connectivity index (χ4n) is 5.00. The quantitative estimate of drug-likeness (QED) is 0.592. The topological polar surface area (TPSA) is 58.6 Å². The lowest BCUT2D eigenvalue weighted by Crippen LogP contribution is -2.30. The molecular formula is C25H26N2O3S. The molecule has 0 amide bonds. The Kier molecular flexibility index (Phi) is 4.79. The van der Waals surface area contributed by atoms with Crippen LogP contribution in [0.1, 0.15) is 29.5 Å². The van der Waals surface area contributed by atoms with Crippen LogP contribution in [0.25, 0.3) is 10.8 Å². The van der Waals surface area contributed by atoms with Crippen LogP contribution in [0.4, 0.5) is 5.69 Å². The van der Waals surface area contributed by atoms with Gasteiger partial charge in [0, 0.05) is 31.3 Å². The Morgan fingerprint density at radius 2 is 1.87 bits per heavy atom. The highest BCUT2D eigenvalue weighted by molar-refractivity contribution is 7.89. The molecule has 0 saturated heterocycles. The molecule has 0 spiro atoms. The van der Waals surface area contributed by atoms with E-state index in [2.05, 4.69) is 47.8 Å². The molecule has 0 saturated carbocycles. The zero-order valence-electron chi connectivity index (χ0n) is 17.9. The highest BCUT2D eigenvalue weighted by Gasteiger charge is 2.40. The fourth-order valence-corrected chi connectivity index (χ4v) is 5.94. The SMILES string of the molecule is COc1ccc2ccccc2c1C1Nc2ccc(S(=O)(=O)N(C)C)cc2C2C=CCC21. The molecule has 5 nitrogen and oxygen atoms in total. The normalized spacial score (nSPS) is 22.3. The minimum Gasteiger partial charge on any atom is -0.496 e. The number of ether oxygens (including phenoxy) is 1. The van der Waals surface area contributed by atoms with Crippen molar-refractivity contribution < 1.29 is 13.2 Å². The van der Waals surface area contributed by atoms with Gasteiger partial charge in [-0.1, -0.05) is 42.5 Å². The van der Waals surface area contributed by atoms with Gasteiger partial charge in [-0.25, -0.2) is 12.7 Å². The molecular weight excluding hydrogens is 408 g/mol. The zero-order valence-corrected chi connectivity index (χ0v) is 18.7. The summed E-state index contributed by atoms with van der Waals surface area (Å²) in [6.45, 7) is 0. The predicted molar refractivity (Wildman–Crippen MR) is 124 cm³/mol. The molecule has 3 aromatic carbocycles. The molecule has 0 aromatic heterocycles. The third-order valence-corrected chi connectivity index (χ3v) is 8.39. The van der Waals surface area contributed by atoms with E-state index in [-0.39, 0.29) is 17.9 Å². The van der Waals surface area contributed by atoms with Gasteiger partial charge in [0.05, 0.1) is 18.0 Å². The van der Waals surface area contributed by atoms with Gasteiger partial charge in [0.15, 0.2) is 0 Å². The van der Waals surface area contributed by atoms with Crippen LogP contribution in [0, 0.1) is 5.92 Å². The first kappa shape index (κ1) is 20.1. The van der Waals surface area contributed by atoms with E-state index in [4.69, 9.17) is 4.74 Å². The van der Waals surface area contributed by atoms with E-state index >= 15 is 0 Å². The zero-order chi connectivity index (χ0) is 21.8. The molecule has 5 rings (SSSR count). The summed E-state index contributed by atoms with van der Waals surface area (Å²) in [5, 5.41) is 6.09. The molecule has 1 aliphatic heterocycles. The highest BCUT2D eigenvalue weighted by Crippen LogP contribution is 2.52. The van der Waals surface area contributed by atoms with Crippen molar-refractivity contribution in [1.82, 2.24) is 4.31 Å². The van der Waals surface area contributed by atoms with Crippen LogP contribution in [0.15, 0.2) is 71.6 Å². The molecule has 31 heavy (non-hydrogen) atoms. The summed E-state index contributed by atoms with van der Waals surface area (Å²) in [5.74, 6) is 1.31. The molecule has 0 bridgehead atoms. The van der Waals surface area contributed by atoms with E-state index < -0.39 is 10.0 Å². The van der Waals surface area contributed by atoms with Gasteiger partial charge in [0.2, 0.25) is 10.0 Å². The predicted octanol–water partition coefficient (Wildman–Crippen LogP) is 4.93. The monoisotopic (exact) mass is 434 g/mol. The largest absolute Gasteiger partial charge is 0.496 e. The maximum atomic E-state index is 12.7. The number of rotatable bonds is 4. The van der Waals surface area contributed by atoms with Crippen molar-refractivity contribution >= 4 is 26.5 Å². The number of nitrogens with one attached hydrogen (secondary N) is 1. The van der Waals surface area contributed by atoms with Gasteiger partial charge in [-0.3, -0.25) is 0 Å². The van der Waals surface area contributed by atoms with Gasteiger partial charge in [-0.15, -0.1) is 0 Å². The van der Waals surface area contributed by atoms with Gasteiger partial charge in [0.25, 0.3) is 0 Å². The van der Waals surface area contributed by atoms with Crippen molar-refractivity contribution in [3.05, 3.63) is 77.9 Å². The molecule has 3 atom stereocenters. The van der Waals surface area contributed by atoms with E-state index in [9.17, 15) is 8.42 Å². The van der Waals surface area contributed by atoms with Crippen LogP contribution in [-0.2, 0) is 10.0 Å². The number of hydrogen-bond acceptors (Lipinski definition) is 4. The number of sulfonamides is 1. The molecule has 2 aliphatic rings. The smallest absolute Gasteiger partial charge is 0.242 e. The number of anilines is 1. The maximum absolute atomic E-state index is 12.7. The lowest BCUT2D eigenvalue weighted by Gasteiger charge is -2.38. The minimum absolute atomic E-state index is 0.0601. The van der Waals surface area contributed by atoms with E-state index in [1.807, 2.05) is 18.2 Å². The summed E-state index contributed by atoms with van der Waals surface area (Å²) in [6.07, 6.45) is 5.36. The van der Waals surface area contributed by atoms with Crippen molar-refractivity contribution in [3.63, 3.8) is 0 Å². The van der Waals surface area contributed by atoms with Crippen molar-refractivity contribution in [2.75, 3.05) is 26.5 Å². The first-order valence-electron chi connectivity index (χ1n) is 10.5. The first-order chi connectivity index (χ1) is 14.9. The maximum Gasteiger partial charge on any atom is 0.242 e. The fraction of sp³-hybridized carbons (Fsp3) is 0.280. The van der Waals surface area contributed by atoms with Gasteiger partial charge >= 0.3 is 0 Å². The number of hydrogen-bond donors (Lipinski definition) is 1. The Labute approximate surface area is 183 Å². The summed E-state index contributed by atoms with van der Waals surface area (Å²) in [4.78, 5) is 0.332. The van der Waals surface area contributed by atoms with Gasteiger partial charge in [-0.2, -0.15) is 0 Å². The van der Waals surface area contributed by atoms with Crippen LogP contribution in [-0.4, -0.2) is 33.9 Å². The lowest BCUT2D eigenvalue weighted by molar-refractivity contribution is 0.383. The Hall–Kier alpha value is -2.83. The Morgan fingerprint density at radius 3 is 2.65 bits per heavy atom. The van der Waals surface area contributed by atoms with Crippen LogP contribution < -0.4 is 10.1 Å². The summed E-state index contributed by atoms with van der Waals surface area (Å²) >= 11 is 0. The van der Waals surface area contributed by atoms with Crippen LogP contribution in [0.5, 0.6) is 5.75 Å². The van der Waals surface area contributed by atoms with E-state index in [0.29, 0.717) is 4.90 Å². The number of methoxy groups -OCH3 is 1. The van der Waals surface area contributed by atoms with Crippen LogP contribution in [0.2, 0.25) is 0 Å². The number of benzene rings is 3. The van der Waals surface area contributed by atoms with Crippen molar-refractivity contribution in [2.24, 2.45) is 5.92 Å². The number of allylic oxidation sites excluding steroid dienone is 2. The van der Waals surface area contributed by atoms with Crippen LogP contribution in [0.3, 0.4) is 0 Å². The van der Waals surface area contributed by atoms with Gasteiger partial charge < -0.3 is 10.1 Å². The molecule has 160 valence electrons. The summed E-state index contributed by atoms with van der Waals surface area (Å²) in [7, 11) is 1.36. The minimum atomic E-state index is -3.48. The van der Waals surface area contributed by atoms with E-state index in [0.717, 1.165) is 29.0 Å². The van der Waals surface area contributed by atoms with Crippen molar-refractivity contribution in [1.29, 1.82) is 0 Å². The van der Waals surface area contributed by atoms with Crippen LogP contribution >= 0.6 is 0 Å². The van der Waals surface area contributed by atoms with Crippen molar-refractivity contribution in [3.8, 4) is 5.75 Å². The number of nitrogens with zero attached hydrogens (tertiary/aromatic N) is 1. The molecule has 3 aromatic rings. The third-order valence-electron chi connectivity index (χ3n) is 6.57. The van der Waals surface area contributed by atoms with Gasteiger partial charge in [-0.05, 0) is 52.9 Å². The molecule has 1 heterocycles. The highest BCUT2D eigenvalue weighted by atomic mass is 32.2. The summed E-state index contributed by atoms with van der Waals surface area (Å²) in [5.41, 5.74) is 3.18. The van der Waals surface area contributed by atoms with E-state index in [1.54, 1.807) is 27.3 Å². The molecule has 1 aliphatic carbocycles. The number of fused-ring (bicyclic) bond motifs is 4. The second-order valence-electron chi connectivity index (χ2n) is 8.41. The Bertz CT molecular complexity index is 1300. The average molecular weight is 435 g/mol. The van der Waals surface area contributed by atoms with E-state index in [1.165, 1.54) is 15.1 Å². The van der Waals surface area contributed by atoms with Gasteiger partial charge in [0.1, 0.15) is 5.75 Å². The molecule has 0 fully saturated rings. The molecule has 6 heteroatoms. The Balaban J connectivity index is 1.66. The Morgan fingerprint density at radius 1 is 1.06 bits per heavy atom. The summed E-state index contributed by atoms with van der Waals surface area (Å²) in [6, 6.07) is 18.0. The second-order valence-corrected chi connectivity index (χ2v) is 10.6. The second kappa shape index (κ2) is 7.39. The summed E-state index contributed by atoms with van der Waals surface area (Å²) < 4.78 is 32.4.